The largest absolute Gasteiger partial charge is 0.493 e. The molecule has 276 valence electrons. The van der Waals surface area contributed by atoms with Gasteiger partial charge in [-0.1, -0.05) is 20.1 Å². The van der Waals surface area contributed by atoms with E-state index >= 15 is 17.6 Å². The summed E-state index contributed by atoms with van der Waals surface area (Å²) in [5.41, 5.74) is -2.05. The van der Waals surface area contributed by atoms with Crippen LogP contribution in [-0.4, -0.2) is 43.5 Å². The Balaban J connectivity index is 2.02. The van der Waals surface area contributed by atoms with Crippen molar-refractivity contribution in [2.75, 3.05) is 26.4 Å². The van der Waals surface area contributed by atoms with E-state index in [9.17, 15) is 27.9 Å². The lowest BCUT2D eigenvalue weighted by molar-refractivity contribution is -0.189. The van der Waals surface area contributed by atoms with Crippen molar-refractivity contribution < 1.29 is 69.1 Å². The van der Waals surface area contributed by atoms with Gasteiger partial charge in [-0.2, -0.15) is 8.78 Å². The van der Waals surface area contributed by atoms with Crippen molar-refractivity contribution in [3.05, 3.63) is 102 Å². The van der Waals surface area contributed by atoms with Crippen LogP contribution in [-0.2, 0) is 25.2 Å². The first-order valence-electron chi connectivity index (χ1n) is 15.6. The average molecular weight is 729 g/mol. The molecule has 0 fully saturated rings. The molecule has 0 bridgehead atoms. The predicted octanol–water partition coefficient (Wildman–Crippen LogP) is 8.40. The molecule has 8 nitrogen and oxygen atoms in total. The van der Waals surface area contributed by atoms with Gasteiger partial charge in [0.2, 0.25) is 0 Å². The number of carbonyl (C=O) groups is 2. The van der Waals surface area contributed by atoms with Crippen molar-refractivity contribution in [2.24, 2.45) is 0 Å². The van der Waals surface area contributed by atoms with Crippen LogP contribution in [0.25, 0.3) is 11.1 Å². The SMILES string of the molecule is C=CC(=O)OCCCCOc1cc(C(O)CC)cc(OCCCCOC(=O)C=C)c1-c1cc(F)c(C(F)(F)Oc2cc(F)c(F)c(F)c2)c(F)c1. The summed E-state index contributed by atoms with van der Waals surface area (Å²) < 4.78 is 128. The number of halogens is 7. The molecule has 3 aromatic carbocycles. The molecule has 15 heteroatoms. The van der Waals surface area contributed by atoms with E-state index in [0.717, 1.165) is 12.2 Å². The van der Waals surface area contributed by atoms with Crippen molar-refractivity contribution in [3.8, 4) is 28.4 Å². The van der Waals surface area contributed by atoms with E-state index in [-0.39, 0.29) is 67.6 Å². The van der Waals surface area contributed by atoms with Gasteiger partial charge in [0.25, 0.3) is 0 Å². The van der Waals surface area contributed by atoms with Crippen molar-refractivity contribution >= 4 is 11.9 Å². The fourth-order valence-corrected chi connectivity index (χ4v) is 4.57. The molecule has 3 rings (SSSR count). The van der Waals surface area contributed by atoms with Crippen LogP contribution in [0.2, 0.25) is 0 Å². The number of aliphatic hydroxyl groups excluding tert-OH is 1. The smallest absolute Gasteiger partial charge is 0.432 e. The van der Waals surface area contributed by atoms with Crippen LogP contribution in [0.3, 0.4) is 0 Å². The number of hydrogen-bond acceptors (Lipinski definition) is 8. The minimum Gasteiger partial charge on any atom is -0.493 e. The van der Waals surface area contributed by atoms with Crippen LogP contribution in [0.4, 0.5) is 30.7 Å². The lowest BCUT2D eigenvalue weighted by Gasteiger charge is -2.22. The summed E-state index contributed by atoms with van der Waals surface area (Å²) in [7, 11) is 0. The third-order valence-corrected chi connectivity index (χ3v) is 7.10. The monoisotopic (exact) mass is 728 g/mol. The molecule has 0 heterocycles. The summed E-state index contributed by atoms with van der Waals surface area (Å²) in [6.07, 6.45) is -2.29. The highest BCUT2D eigenvalue weighted by Gasteiger charge is 2.42. The molecule has 1 atom stereocenters. The molecule has 0 aromatic heterocycles. The van der Waals surface area contributed by atoms with E-state index in [1.165, 1.54) is 12.1 Å². The minimum absolute atomic E-state index is 0.0296. The van der Waals surface area contributed by atoms with E-state index in [4.69, 9.17) is 18.9 Å². The van der Waals surface area contributed by atoms with Gasteiger partial charge < -0.3 is 28.8 Å². The fraction of sp³-hybridized carbons (Fsp3) is 0.333. The first-order valence-corrected chi connectivity index (χ1v) is 15.6. The number of carbonyl (C=O) groups excluding carboxylic acids is 2. The van der Waals surface area contributed by atoms with Gasteiger partial charge in [0.1, 0.15) is 34.4 Å². The summed E-state index contributed by atoms with van der Waals surface area (Å²) in [5.74, 6) is -12.0. The zero-order valence-electron chi connectivity index (χ0n) is 27.4. The number of hydrogen-bond donors (Lipinski definition) is 1. The maximum absolute atomic E-state index is 15.5. The first kappa shape index (κ1) is 40.4. The van der Waals surface area contributed by atoms with Crippen molar-refractivity contribution in [1.29, 1.82) is 0 Å². The maximum atomic E-state index is 15.5. The fourth-order valence-electron chi connectivity index (χ4n) is 4.57. The van der Waals surface area contributed by atoms with Gasteiger partial charge in [-0.05, 0) is 67.5 Å². The van der Waals surface area contributed by atoms with E-state index in [0.29, 0.717) is 43.4 Å². The number of alkyl halides is 2. The van der Waals surface area contributed by atoms with Gasteiger partial charge >= 0.3 is 18.0 Å². The molecule has 1 unspecified atom stereocenters. The number of aliphatic hydroxyl groups is 1. The zero-order valence-corrected chi connectivity index (χ0v) is 27.4. The Labute approximate surface area is 289 Å². The molecule has 0 saturated carbocycles. The molecule has 0 aliphatic heterocycles. The Morgan fingerprint density at radius 3 is 1.63 bits per heavy atom. The van der Waals surface area contributed by atoms with Gasteiger partial charge in [-0.15, -0.1) is 0 Å². The van der Waals surface area contributed by atoms with Crippen LogP contribution in [0, 0.1) is 29.1 Å². The molecule has 3 aromatic rings. The maximum Gasteiger partial charge on any atom is 0.432 e. The van der Waals surface area contributed by atoms with Crippen LogP contribution in [0.1, 0.15) is 56.3 Å². The number of esters is 2. The molecular weight excluding hydrogens is 693 g/mol. The highest BCUT2D eigenvalue weighted by molar-refractivity contribution is 5.81. The Bertz CT molecular complexity index is 1610. The number of rotatable bonds is 20. The zero-order chi connectivity index (χ0) is 37.7. The summed E-state index contributed by atoms with van der Waals surface area (Å²) in [6.45, 7) is 8.31. The van der Waals surface area contributed by atoms with E-state index < -0.39 is 64.6 Å². The molecule has 0 spiro atoms. The predicted molar refractivity (Wildman–Crippen MR) is 170 cm³/mol. The van der Waals surface area contributed by atoms with Crippen molar-refractivity contribution in [2.45, 2.75) is 51.2 Å². The molecule has 0 amide bonds. The van der Waals surface area contributed by atoms with Gasteiger partial charge in [0.05, 0.1) is 38.1 Å². The lowest BCUT2D eigenvalue weighted by atomic mass is 9.96. The summed E-state index contributed by atoms with van der Waals surface area (Å²) >= 11 is 0. The molecule has 0 radical (unpaired) electrons. The second-order valence-electron chi connectivity index (χ2n) is 10.8. The summed E-state index contributed by atoms with van der Waals surface area (Å²) in [4.78, 5) is 22.6. The quantitative estimate of drug-likeness (QED) is 0.0407. The lowest BCUT2D eigenvalue weighted by Crippen LogP contribution is -2.25. The molecule has 51 heavy (non-hydrogen) atoms. The van der Waals surface area contributed by atoms with Crippen molar-refractivity contribution in [3.63, 3.8) is 0 Å². The molecule has 0 aliphatic carbocycles. The highest BCUT2D eigenvalue weighted by Crippen LogP contribution is 2.44. The van der Waals surface area contributed by atoms with Crippen LogP contribution >= 0.6 is 0 Å². The molecule has 0 aliphatic rings. The Morgan fingerprint density at radius 2 is 1.20 bits per heavy atom. The van der Waals surface area contributed by atoms with Crippen LogP contribution < -0.4 is 14.2 Å². The van der Waals surface area contributed by atoms with E-state index in [2.05, 4.69) is 17.9 Å². The molecule has 0 saturated heterocycles. The Morgan fingerprint density at radius 1 is 0.745 bits per heavy atom. The topological polar surface area (TPSA) is 101 Å². The normalized spacial score (nSPS) is 11.8. The Hall–Kier alpha value is -5.05. The van der Waals surface area contributed by atoms with Crippen LogP contribution in [0.5, 0.6) is 17.2 Å². The Kier molecular flexibility index (Phi) is 14.9. The second-order valence-corrected chi connectivity index (χ2v) is 10.8. The summed E-state index contributed by atoms with van der Waals surface area (Å²) in [5, 5.41) is 10.6. The van der Waals surface area contributed by atoms with Gasteiger partial charge in [0.15, 0.2) is 17.5 Å². The highest BCUT2D eigenvalue weighted by atomic mass is 19.3. The third kappa shape index (κ3) is 11.2. The van der Waals surface area contributed by atoms with Gasteiger partial charge in [-0.3, -0.25) is 0 Å². The first-order chi connectivity index (χ1) is 24.2. The third-order valence-electron chi connectivity index (χ3n) is 7.10. The van der Waals surface area contributed by atoms with Crippen molar-refractivity contribution in [1.82, 2.24) is 0 Å². The number of ether oxygens (including phenoxy) is 5. The second kappa shape index (κ2) is 18.8. The number of benzene rings is 3. The van der Waals surface area contributed by atoms with Gasteiger partial charge in [0, 0.05) is 24.3 Å². The summed E-state index contributed by atoms with van der Waals surface area (Å²) in [6, 6.07) is 4.03. The van der Waals surface area contributed by atoms with Crippen LogP contribution in [0.15, 0.2) is 61.7 Å². The molecule has 1 N–H and O–H groups in total. The molecular formula is C36H35F7O8. The van der Waals surface area contributed by atoms with E-state index in [1.54, 1.807) is 6.92 Å². The van der Waals surface area contributed by atoms with Gasteiger partial charge in [-0.25, -0.2) is 31.5 Å². The average Bonchev–Trinajstić information content (AvgIpc) is 3.08. The standard InChI is InChI=1S/C36H35F7O8/c1-4-28(44)21-17-29(47-11-7-9-13-49-31(45)5-2)33(30(18-21)48-12-8-10-14-50-32(46)6-3)22-15-24(37)34(25(38)16-22)36(42,43)51-23-19-26(39)35(41)27(40)20-23/h5-6,15-20,28,44H,2-4,7-14H2,1H3. The number of unbranched alkanes of at least 4 members (excludes halogenated alkanes) is 2. The minimum atomic E-state index is -4.83. The van der Waals surface area contributed by atoms with E-state index in [1.807, 2.05) is 0 Å².